The van der Waals surface area contributed by atoms with Gasteiger partial charge in [-0.2, -0.15) is 5.10 Å². The molecule has 20 heavy (non-hydrogen) atoms. The number of rotatable bonds is 4. The van der Waals surface area contributed by atoms with Gasteiger partial charge in [0.1, 0.15) is 5.75 Å². The van der Waals surface area contributed by atoms with Crippen LogP contribution in [0.3, 0.4) is 0 Å². The number of nitrogens with zero attached hydrogens (tertiary/aromatic N) is 2. The first kappa shape index (κ1) is 14.3. The molecule has 6 heteroatoms. The fraction of sp³-hybridized carbons (Fsp3) is 0.214. The quantitative estimate of drug-likeness (QED) is 0.806. The van der Waals surface area contributed by atoms with Gasteiger partial charge in [0.15, 0.2) is 0 Å². The standard InChI is InChI=1S/C14H13ClN2O3/c1-17-14(19)10(8-13(15)18)7-12(16-17)9-3-5-11(20-2)6-4-9/h3-7H,8H2,1-2H3. The molecule has 0 bridgehead atoms. The molecular weight excluding hydrogens is 280 g/mol. The molecule has 0 amide bonds. The zero-order valence-corrected chi connectivity index (χ0v) is 11.8. The minimum absolute atomic E-state index is 0.111. The summed E-state index contributed by atoms with van der Waals surface area (Å²) in [6.07, 6.45) is -0.111. The highest BCUT2D eigenvalue weighted by molar-refractivity contribution is 6.63. The van der Waals surface area contributed by atoms with Gasteiger partial charge in [-0.3, -0.25) is 9.59 Å². The molecule has 0 aliphatic rings. The summed E-state index contributed by atoms with van der Waals surface area (Å²) in [5.41, 5.74) is 1.43. The highest BCUT2D eigenvalue weighted by Crippen LogP contribution is 2.20. The van der Waals surface area contributed by atoms with Gasteiger partial charge >= 0.3 is 0 Å². The van der Waals surface area contributed by atoms with Gasteiger partial charge < -0.3 is 4.74 Å². The molecule has 0 atom stereocenters. The molecule has 1 aromatic carbocycles. The topological polar surface area (TPSA) is 61.2 Å². The summed E-state index contributed by atoms with van der Waals surface area (Å²) < 4.78 is 6.29. The van der Waals surface area contributed by atoms with E-state index >= 15 is 0 Å². The van der Waals surface area contributed by atoms with Crippen molar-refractivity contribution in [2.45, 2.75) is 6.42 Å². The number of methoxy groups -OCH3 is 1. The maximum absolute atomic E-state index is 11.9. The van der Waals surface area contributed by atoms with E-state index in [1.165, 1.54) is 11.7 Å². The Morgan fingerprint density at radius 2 is 2.00 bits per heavy atom. The second-order valence-corrected chi connectivity index (χ2v) is 4.67. The van der Waals surface area contributed by atoms with Gasteiger partial charge in [0.05, 0.1) is 19.2 Å². The number of carbonyl (C=O) groups excluding carboxylic acids is 1. The Morgan fingerprint density at radius 1 is 1.35 bits per heavy atom. The Morgan fingerprint density at radius 3 is 2.55 bits per heavy atom. The van der Waals surface area contributed by atoms with E-state index in [0.717, 1.165) is 11.3 Å². The third-order valence-corrected chi connectivity index (χ3v) is 2.99. The van der Waals surface area contributed by atoms with Crippen LogP contribution in [0.5, 0.6) is 5.75 Å². The molecule has 1 heterocycles. The SMILES string of the molecule is COc1ccc(-c2cc(CC(=O)Cl)c(=O)n(C)n2)cc1. The van der Waals surface area contributed by atoms with Gasteiger partial charge in [0, 0.05) is 18.2 Å². The minimum Gasteiger partial charge on any atom is -0.497 e. The van der Waals surface area contributed by atoms with Crippen molar-refractivity contribution in [1.29, 1.82) is 0 Å². The maximum atomic E-state index is 11.9. The number of carbonyl (C=O) groups is 1. The number of aromatic nitrogens is 2. The number of ether oxygens (including phenoxy) is 1. The van der Waals surface area contributed by atoms with E-state index in [1.807, 2.05) is 12.1 Å². The van der Waals surface area contributed by atoms with Crippen LogP contribution in [0.15, 0.2) is 35.1 Å². The fourth-order valence-corrected chi connectivity index (χ4v) is 1.99. The molecule has 2 rings (SSSR count). The summed E-state index contributed by atoms with van der Waals surface area (Å²) in [6.45, 7) is 0. The van der Waals surface area contributed by atoms with Crippen LogP contribution < -0.4 is 10.3 Å². The molecule has 0 fully saturated rings. The minimum atomic E-state index is -0.575. The molecule has 0 N–H and O–H groups in total. The zero-order valence-electron chi connectivity index (χ0n) is 11.1. The molecule has 2 aromatic rings. The normalized spacial score (nSPS) is 10.3. The first-order valence-corrected chi connectivity index (χ1v) is 6.29. The molecule has 0 saturated carbocycles. The van der Waals surface area contributed by atoms with Gasteiger partial charge in [0.2, 0.25) is 5.24 Å². The molecule has 0 spiro atoms. The number of hydrogen-bond acceptors (Lipinski definition) is 4. The van der Waals surface area contributed by atoms with Crippen molar-refractivity contribution < 1.29 is 9.53 Å². The zero-order chi connectivity index (χ0) is 14.7. The number of halogens is 1. The molecule has 1 aromatic heterocycles. The third-order valence-electron chi connectivity index (χ3n) is 2.85. The summed E-state index contributed by atoms with van der Waals surface area (Å²) >= 11 is 5.35. The van der Waals surface area contributed by atoms with Gasteiger partial charge in [-0.25, -0.2) is 4.68 Å². The molecule has 0 radical (unpaired) electrons. The number of hydrogen-bond donors (Lipinski definition) is 0. The van der Waals surface area contributed by atoms with E-state index < -0.39 is 5.24 Å². The maximum Gasteiger partial charge on any atom is 0.270 e. The summed E-state index contributed by atoms with van der Waals surface area (Å²) in [7, 11) is 3.13. The van der Waals surface area contributed by atoms with Crippen molar-refractivity contribution in [3.8, 4) is 17.0 Å². The van der Waals surface area contributed by atoms with Crippen LogP contribution >= 0.6 is 11.6 Å². The summed E-state index contributed by atoms with van der Waals surface area (Å²) in [5.74, 6) is 0.731. The second-order valence-electron chi connectivity index (χ2n) is 4.24. The molecule has 5 nitrogen and oxygen atoms in total. The van der Waals surface area contributed by atoms with Crippen molar-refractivity contribution >= 4 is 16.8 Å². The van der Waals surface area contributed by atoms with Crippen molar-refractivity contribution in [2.75, 3.05) is 7.11 Å². The first-order valence-electron chi connectivity index (χ1n) is 5.91. The van der Waals surface area contributed by atoms with E-state index in [9.17, 15) is 9.59 Å². The Balaban J connectivity index is 2.48. The summed E-state index contributed by atoms with van der Waals surface area (Å²) in [6, 6.07) is 8.85. The highest BCUT2D eigenvalue weighted by Gasteiger charge is 2.10. The lowest BCUT2D eigenvalue weighted by Crippen LogP contribution is -2.24. The lowest BCUT2D eigenvalue weighted by Gasteiger charge is -2.07. The number of aryl methyl sites for hydroxylation is 1. The predicted octanol–water partition coefficient (Wildman–Crippen LogP) is 1.76. The average Bonchev–Trinajstić information content (AvgIpc) is 2.43. The van der Waals surface area contributed by atoms with Gasteiger partial charge in [0.25, 0.3) is 5.56 Å². The van der Waals surface area contributed by atoms with E-state index in [2.05, 4.69) is 5.10 Å². The smallest absolute Gasteiger partial charge is 0.270 e. The first-order chi connectivity index (χ1) is 9.51. The van der Waals surface area contributed by atoms with E-state index in [1.54, 1.807) is 25.3 Å². The molecule has 0 aliphatic carbocycles. The lowest BCUT2D eigenvalue weighted by atomic mass is 10.1. The Hall–Kier alpha value is -2.14. The third kappa shape index (κ3) is 3.05. The van der Waals surface area contributed by atoms with Crippen LogP contribution in [0.2, 0.25) is 0 Å². The lowest BCUT2D eigenvalue weighted by molar-refractivity contribution is -0.111. The predicted molar refractivity (Wildman–Crippen MR) is 76.0 cm³/mol. The molecule has 0 aliphatic heterocycles. The van der Waals surface area contributed by atoms with Crippen molar-refractivity contribution in [2.24, 2.45) is 7.05 Å². The highest BCUT2D eigenvalue weighted by atomic mass is 35.5. The van der Waals surface area contributed by atoms with Gasteiger partial charge in [-0.1, -0.05) is 0 Å². The Kier molecular flexibility index (Phi) is 4.20. The van der Waals surface area contributed by atoms with Gasteiger partial charge in [-0.05, 0) is 41.9 Å². The molecule has 104 valence electrons. The van der Waals surface area contributed by atoms with E-state index in [0.29, 0.717) is 11.3 Å². The van der Waals surface area contributed by atoms with E-state index in [4.69, 9.17) is 16.3 Å². The van der Waals surface area contributed by atoms with Crippen LogP contribution in [0, 0.1) is 0 Å². The molecular formula is C14H13ClN2O3. The van der Waals surface area contributed by atoms with E-state index in [-0.39, 0.29) is 12.0 Å². The van der Waals surface area contributed by atoms with Crippen LogP contribution in [-0.2, 0) is 18.3 Å². The second kappa shape index (κ2) is 5.88. The molecule has 0 saturated heterocycles. The Bertz CT molecular complexity index is 693. The number of benzene rings is 1. The van der Waals surface area contributed by atoms with Crippen molar-refractivity contribution in [3.63, 3.8) is 0 Å². The van der Waals surface area contributed by atoms with Crippen molar-refractivity contribution in [1.82, 2.24) is 9.78 Å². The largest absolute Gasteiger partial charge is 0.497 e. The monoisotopic (exact) mass is 292 g/mol. The summed E-state index contributed by atoms with van der Waals surface area (Å²) in [4.78, 5) is 22.8. The molecule has 0 unspecified atom stereocenters. The Labute approximate surface area is 120 Å². The average molecular weight is 293 g/mol. The van der Waals surface area contributed by atoms with Crippen LogP contribution in [-0.4, -0.2) is 22.1 Å². The van der Waals surface area contributed by atoms with Gasteiger partial charge in [-0.15, -0.1) is 0 Å². The van der Waals surface area contributed by atoms with Crippen LogP contribution in [0.1, 0.15) is 5.56 Å². The summed E-state index contributed by atoms with van der Waals surface area (Å²) in [5, 5.41) is 3.60. The fourth-order valence-electron chi connectivity index (χ4n) is 1.85. The van der Waals surface area contributed by atoms with Crippen LogP contribution in [0.4, 0.5) is 0 Å². The van der Waals surface area contributed by atoms with Crippen LogP contribution in [0.25, 0.3) is 11.3 Å². The van der Waals surface area contributed by atoms with Crippen molar-refractivity contribution in [3.05, 3.63) is 46.2 Å².